The number of nitrogens with one attached hydrogen (secondary N) is 3. The molecule has 83 heavy (non-hydrogen) atoms. The molecular weight excluding hydrogens is 1240 g/mol. The molecule has 1 aliphatic carbocycles. The van der Waals surface area contributed by atoms with Crippen LogP contribution in [0.3, 0.4) is 0 Å². The van der Waals surface area contributed by atoms with Crippen LogP contribution in [-0.2, 0) is 9.47 Å². The lowest BCUT2D eigenvalue weighted by atomic mass is 9.88. The maximum atomic E-state index is 12.2. The molecule has 1 unspecified atom stereocenters. The number of aliphatic imine (C=N–C) groups is 1. The van der Waals surface area contributed by atoms with Gasteiger partial charge < -0.3 is 35.9 Å². The first-order chi connectivity index (χ1) is 39.7. The topological polar surface area (TPSA) is 238 Å². The molecule has 10 aromatic rings. The predicted molar refractivity (Wildman–Crippen MR) is 344 cm³/mol. The lowest BCUT2D eigenvalue weighted by Gasteiger charge is -2.19. The first-order valence-corrected chi connectivity index (χ1v) is 30.2. The van der Waals surface area contributed by atoms with Gasteiger partial charge in [0.25, 0.3) is 0 Å². The second kappa shape index (κ2) is 28.8. The van der Waals surface area contributed by atoms with E-state index in [4.69, 9.17) is 31.9 Å². The summed E-state index contributed by atoms with van der Waals surface area (Å²) in [5, 5.41) is 24.4. The number of anilines is 4. The fourth-order valence-corrected chi connectivity index (χ4v) is 10.9. The number of nitrogens with zero attached hydrogens (tertiary/aromatic N) is 7. The van der Waals surface area contributed by atoms with Crippen molar-refractivity contribution in [3.8, 4) is 0 Å². The number of ether oxygens (including phenoxy) is 2. The van der Waals surface area contributed by atoms with E-state index in [9.17, 15) is 14.4 Å². The molecule has 6 aromatic heterocycles. The number of benzene rings is 4. The molecule has 1 saturated heterocycles. The number of H-pyrrole nitrogens is 1. The van der Waals surface area contributed by atoms with Gasteiger partial charge in [0.2, 0.25) is 5.28 Å². The van der Waals surface area contributed by atoms with Gasteiger partial charge in [0.15, 0.2) is 11.6 Å². The van der Waals surface area contributed by atoms with Gasteiger partial charge in [-0.3, -0.25) is 9.79 Å². The summed E-state index contributed by atoms with van der Waals surface area (Å²) in [6.07, 6.45) is 12.2. The number of rotatable bonds is 7. The van der Waals surface area contributed by atoms with E-state index < -0.39 is 17.7 Å². The molecule has 430 valence electrons. The van der Waals surface area contributed by atoms with Gasteiger partial charge in [-0.05, 0) is 152 Å². The number of hydrogen-bond donors (Lipinski definition) is 5. The van der Waals surface area contributed by atoms with Crippen LogP contribution in [0.25, 0.3) is 47.7 Å². The highest BCUT2D eigenvalue weighted by atomic mass is 79.9. The number of aryl methyl sites for hydroxylation is 1. The minimum atomic E-state index is -0.864. The van der Waals surface area contributed by atoms with E-state index in [-0.39, 0.29) is 11.1 Å². The van der Waals surface area contributed by atoms with Crippen molar-refractivity contribution in [2.75, 3.05) is 30.4 Å². The van der Waals surface area contributed by atoms with E-state index in [1.54, 1.807) is 48.9 Å². The molecule has 8 heterocycles. The monoisotopic (exact) mass is 1300 g/mol. The SMILES string of the molecule is CC(=O)c1cc2ccc(Br)cc2[nH]1.CC(C)(C)OC(=O)n1ncc2cc(Nc3ccnc(Cl)n3)ccc21.CC1CCC1.Cc1nc(Nc2ccc(C3=CCN=C3)cc2)c2sccc2n1.NC1CCOC1.O=C(O)c1cc2ccc(Br)cc2s1. The van der Waals surface area contributed by atoms with Crippen LogP contribution >= 0.6 is 66.1 Å². The number of Topliss-reactive ketones (excluding diaryl/α,β-unsaturated/α-hetero) is 1. The average Bonchev–Trinajstić information content (AvgIpc) is 4.45. The van der Waals surface area contributed by atoms with Crippen molar-refractivity contribution in [1.82, 2.24) is 34.7 Å². The third kappa shape index (κ3) is 18.1. The number of carboxylic acids is 1. The average molecular weight is 1300 g/mol. The zero-order valence-corrected chi connectivity index (χ0v) is 52.0. The number of ketones is 1. The number of fused-ring (bicyclic) bond motifs is 4. The van der Waals surface area contributed by atoms with Gasteiger partial charge in [-0.25, -0.2) is 29.5 Å². The van der Waals surface area contributed by atoms with Crippen molar-refractivity contribution in [1.29, 1.82) is 0 Å². The second-order valence-corrected chi connectivity index (χ2v) is 24.7. The van der Waals surface area contributed by atoms with Gasteiger partial charge in [0, 0.05) is 73.3 Å². The Kier molecular flexibility index (Phi) is 21.5. The van der Waals surface area contributed by atoms with Crippen LogP contribution < -0.4 is 16.4 Å². The summed E-state index contributed by atoms with van der Waals surface area (Å²) in [6.45, 7) is 13.6. The van der Waals surface area contributed by atoms with Crippen molar-refractivity contribution >= 4 is 161 Å². The Labute approximate surface area is 510 Å². The zero-order valence-electron chi connectivity index (χ0n) is 46.5. The number of thiophene rings is 2. The van der Waals surface area contributed by atoms with E-state index in [0.717, 1.165) is 101 Å². The molecule has 13 rings (SSSR count). The molecule has 1 atom stereocenters. The van der Waals surface area contributed by atoms with Gasteiger partial charge in [-0.2, -0.15) is 9.78 Å². The predicted octanol–water partition coefficient (Wildman–Crippen LogP) is 16.3. The number of carboxylic acid groups (broad SMARTS) is 1. The summed E-state index contributed by atoms with van der Waals surface area (Å²) in [5.74, 6) is 2.48. The number of hydrogen-bond acceptors (Lipinski definition) is 16. The number of aromatic carboxylic acids is 1. The molecular formula is C61H62Br2ClN11O6S2. The van der Waals surface area contributed by atoms with Crippen LogP contribution in [0.1, 0.15) is 91.8 Å². The van der Waals surface area contributed by atoms with Crippen molar-refractivity contribution < 1.29 is 29.0 Å². The number of aromatic nitrogens is 7. The lowest BCUT2D eigenvalue weighted by Crippen LogP contribution is -2.27. The molecule has 1 saturated carbocycles. The molecule has 0 bridgehead atoms. The van der Waals surface area contributed by atoms with E-state index in [1.807, 2.05) is 100.0 Å². The number of carbonyl (C=O) groups excluding carboxylic acids is 2. The van der Waals surface area contributed by atoms with Crippen molar-refractivity contribution in [3.63, 3.8) is 0 Å². The van der Waals surface area contributed by atoms with Crippen LogP contribution in [0.2, 0.25) is 5.28 Å². The normalized spacial score (nSPS) is 14.3. The van der Waals surface area contributed by atoms with Crippen molar-refractivity contribution in [3.05, 3.63) is 163 Å². The van der Waals surface area contributed by atoms with Crippen LogP contribution in [-0.4, -0.2) is 95.3 Å². The lowest BCUT2D eigenvalue weighted by molar-refractivity contribution is 0.0522. The third-order valence-electron chi connectivity index (χ3n) is 12.6. The summed E-state index contributed by atoms with van der Waals surface area (Å²) in [6, 6.07) is 33.0. The summed E-state index contributed by atoms with van der Waals surface area (Å²) >= 11 is 15.4. The Morgan fingerprint density at radius 2 is 1.61 bits per heavy atom. The zero-order chi connectivity index (χ0) is 59.2. The maximum Gasteiger partial charge on any atom is 0.435 e. The molecule has 17 nitrogen and oxygen atoms in total. The summed E-state index contributed by atoms with van der Waals surface area (Å²) < 4.78 is 15.6. The minimum absolute atomic E-state index is 0.0623. The standard InChI is InChI=1S/C17H14N4S.C16H16ClN5O2.C10H8BrNO.C9H5BrO2S.C5H10.C4H9NO/c1-11-19-15-7-9-22-16(15)17(20-11)21-14-4-2-12(3-5-14)13-6-8-18-10-13;1-16(2,3)24-15(23)22-12-5-4-11(8-10(12)9-19-22)20-13-6-7-18-14(17)21-13;1-6(13)9-4-7-2-3-8(11)5-10(7)12-9;10-6-2-1-5-3-8(9(11)12)13-7(5)4-6;1-5-3-2-4-5;5-4-1-2-6-3-4/h2-7,9-10H,8H2,1H3,(H,19,20,21);4-9H,1-3H3,(H,18,20,21);2-5,12H,1H3;1-4H,(H,11,12);5H,2-4H2,1H3;4H,1-3,5H2. The largest absolute Gasteiger partial charge is 0.477 e. The first-order valence-electron chi connectivity index (χ1n) is 26.5. The number of carbonyl (C=O) groups is 3. The minimum Gasteiger partial charge on any atom is -0.477 e. The number of allylic oxidation sites excluding steroid dienone is 1. The van der Waals surface area contributed by atoms with Gasteiger partial charge in [0.05, 0.1) is 40.8 Å². The first kappa shape index (κ1) is 61.8. The van der Waals surface area contributed by atoms with Crippen molar-refractivity contribution in [2.24, 2.45) is 16.6 Å². The molecule has 2 fully saturated rings. The molecule has 0 spiro atoms. The van der Waals surface area contributed by atoms with Gasteiger partial charge >= 0.3 is 12.1 Å². The highest BCUT2D eigenvalue weighted by Gasteiger charge is 2.20. The Morgan fingerprint density at radius 1 is 0.880 bits per heavy atom. The van der Waals surface area contributed by atoms with Crippen molar-refractivity contribution in [2.45, 2.75) is 78.9 Å². The van der Waals surface area contributed by atoms with Gasteiger partial charge in [0.1, 0.15) is 22.1 Å². The molecule has 0 amide bonds. The van der Waals surface area contributed by atoms with Crippen LogP contribution in [0.15, 0.2) is 141 Å². The number of nitrogens with two attached hydrogens (primary N) is 1. The highest BCUT2D eigenvalue weighted by molar-refractivity contribution is 9.10. The molecule has 3 aliphatic rings. The third-order valence-corrected chi connectivity index (χ3v) is 15.8. The number of aromatic amines is 1. The molecule has 4 aromatic carbocycles. The molecule has 2 aliphatic heterocycles. The molecule has 22 heteroatoms. The quantitative estimate of drug-likeness (QED) is 0.0737. The van der Waals surface area contributed by atoms with E-state index in [1.165, 1.54) is 46.4 Å². The number of halogens is 3. The Hall–Kier alpha value is -7.24. The summed E-state index contributed by atoms with van der Waals surface area (Å²) in [7, 11) is 0. The smallest absolute Gasteiger partial charge is 0.435 e. The van der Waals surface area contributed by atoms with Crippen LogP contribution in [0.5, 0.6) is 0 Å². The molecule has 0 radical (unpaired) electrons. The Morgan fingerprint density at radius 3 is 2.24 bits per heavy atom. The maximum absolute atomic E-state index is 12.2. The second-order valence-electron chi connectivity index (χ2n) is 20.5. The van der Waals surface area contributed by atoms with Gasteiger partial charge in [-0.15, -0.1) is 22.7 Å². The molecule has 6 N–H and O–H groups in total. The van der Waals surface area contributed by atoms with E-state index >= 15 is 0 Å². The van der Waals surface area contributed by atoms with E-state index in [2.05, 4.69) is 115 Å². The van der Waals surface area contributed by atoms with Crippen LogP contribution in [0.4, 0.5) is 27.8 Å². The van der Waals surface area contributed by atoms with Gasteiger partial charge in [-0.1, -0.05) is 88.4 Å². The summed E-state index contributed by atoms with van der Waals surface area (Å²) in [5.41, 5.74) is 12.3. The van der Waals surface area contributed by atoms with E-state index in [0.29, 0.717) is 27.9 Å². The fourth-order valence-electron chi connectivity index (χ4n) is 8.17. The summed E-state index contributed by atoms with van der Waals surface area (Å²) in [4.78, 5) is 58.4. The highest BCUT2D eigenvalue weighted by Crippen LogP contribution is 2.31. The van der Waals surface area contributed by atoms with Crippen LogP contribution in [0, 0.1) is 12.8 Å². The fraction of sp³-hybridized carbons (Fsp3) is 0.262. The Balaban J connectivity index is 0.000000139. The Bertz CT molecular complexity index is 3850.